The first-order valence-corrected chi connectivity index (χ1v) is 9.93. The molecule has 0 amide bonds. The van der Waals surface area contributed by atoms with Crippen LogP contribution < -0.4 is 0 Å². The molecule has 0 spiro atoms. The van der Waals surface area contributed by atoms with Crippen molar-refractivity contribution in [3.63, 3.8) is 0 Å². The Morgan fingerprint density at radius 2 is 1.96 bits per heavy atom. The van der Waals surface area contributed by atoms with Crippen LogP contribution in [0, 0.1) is 23.7 Å². The van der Waals surface area contributed by atoms with Gasteiger partial charge in [0, 0.05) is 25.2 Å². The fourth-order valence-corrected chi connectivity index (χ4v) is 3.53. The number of carbonyl (C=O) groups excluding carboxylic acids is 2. The number of hydrogen-bond acceptors (Lipinski definition) is 4. The van der Waals surface area contributed by atoms with Gasteiger partial charge >= 0.3 is 5.97 Å². The molecule has 0 aromatic carbocycles. The lowest BCUT2D eigenvalue weighted by Gasteiger charge is -2.18. The molecule has 0 bridgehead atoms. The van der Waals surface area contributed by atoms with E-state index in [1.807, 2.05) is 0 Å². The largest absolute Gasteiger partial charge is 0.464 e. The van der Waals surface area contributed by atoms with Gasteiger partial charge < -0.3 is 9.84 Å². The lowest BCUT2D eigenvalue weighted by Crippen LogP contribution is -2.23. The molecular formula is C21H34O4. The molecule has 1 aliphatic rings. The van der Waals surface area contributed by atoms with E-state index in [4.69, 9.17) is 4.74 Å². The SMILES string of the molecule is CCCC#CCCC[C@H]1CCC(=O)[C@@H]1CCCCC(O)C(=O)OCC. The highest BCUT2D eigenvalue weighted by Gasteiger charge is 2.33. The number of aliphatic hydroxyl groups is 1. The molecule has 0 aromatic heterocycles. The zero-order valence-electron chi connectivity index (χ0n) is 15.9. The minimum atomic E-state index is -1.03. The quantitative estimate of drug-likeness (QED) is 0.347. The van der Waals surface area contributed by atoms with Crippen molar-refractivity contribution < 1.29 is 19.4 Å². The molecule has 1 aliphatic carbocycles. The van der Waals surface area contributed by atoms with Crippen molar-refractivity contribution in [1.82, 2.24) is 0 Å². The van der Waals surface area contributed by atoms with Gasteiger partial charge in [0.15, 0.2) is 6.10 Å². The van der Waals surface area contributed by atoms with E-state index in [1.54, 1.807) is 6.92 Å². The Morgan fingerprint density at radius 3 is 2.68 bits per heavy atom. The molecule has 0 radical (unpaired) electrons. The lowest BCUT2D eigenvalue weighted by molar-refractivity contribution is -0.153. The summed E-state index contributed by atoms with van der Waals surface area (Å²) >= 11 is 0. The molecule has 1 fully saturated rings. The zero-order valence-corrected chi connectivity index (χ0v) is 15.9. The van der Waals surface area contributed by atoms with Crippen LogP contribution in [0.2, 0.25) is 0 Å². The van der Waals surface area contributed by atoms with Gasteiger partial charge in [0.1, 0.15) is 5.78 Å². The second kappa shape index (κ2) is 12.9. The van der Waals surface area contributed by atoms with E-state index in [0.29, 0.717) is 24.5 Å². The highest BCUT2D eigenvalue weighted by Crippen LogP contribution is 2.36. The number of unbranched alkanes of at least 4 members (excludes halogenated alkanes) is 3. The van der Waals surface area contributed by atoms with Gasteiger partial charge in [-0.3, -0.25) is 4.79 Å². The number of carbonyl (C=O) groups is 2. The van der Waals surface area contributed by atoms with Crippen LogP contribution in [0.5, 0.6) is 0 Å². The summed E-state index contributed by atoms with van der Waals surface area (Å²) < 4.78 is 4.79. The average molecular weight is 350 g/mol. The molecule has 0 saturated heterocycles. The minimum absolute atomic E-state index is 0.170. The molecule has 142 valence electrons. The van der Waals surface area contributed by atoms with Crippen LogP contribution in [0.3, 0.4) is 0 Å². The van der Waals surface area contributed by atoms with E-state index in [-0.39, 0.29) is 12.5 Å². The predicted octanol–water partition coefficient (Wildman–Crippen LogP) is 4.04. The number of aliphatic hydroxyl groups excluding tert-OH is 1. The Balaban J connectivity index is 2.24. The maximum atomic E-state index is 12.1. The van der Waals surface area contributed by atoms with Gasteiger partial charge in [-0.05, 0) is 51.4 Å². The van der Waals surface area contributed by atoms with Crippen molar-refractivity contribution in [3.05, 3.63) is 0 Å². The second-order valence-electron chi connectivity index (χ2n) is 6.92. The number of ether oxygens (including phenoxy) is 1. The Kier molecular flexibility index (Phi) is 11.2. The number of hydrogen-bond donors (Lipinski definition) is 1. The first kappa shape index (κ1) is 21.7. The van der Waals surface area contributed by atoms with Crippen molar-refractivity contribution in [2.24, 2.45) is 11.8 Å². The Labute approximate surface area is 152 Å². The lowest BCUT2D eigenvalue weighted by atomic mass is 9.86. The van der Waals surface area contributed by atoms with Gasteiger partial charge in [0.25, 0.3) is 0 Å². The Bertz CT molecular complexity index is 460. The zero-order chi connectivity index (χ0) is 18.5. The predicted molar refractivity (Wildman–Crippen MR) is 98.9 cm³/mol. The number of ketones is 1. The maximum absolute atomic E-state index is 12.1. The smallest absolute Gasteiger partial charge is 0.334 e. The van der Waals surface area contributed by atoms with Gasteiger partial charge in [0.2, 0.25) is 0 Å². The molecule has 25 heavy (non-hydrogen) atoms. The highest BCUT2D eigenvalue weighted by atomic mass is 16.5. The van der Waals surface area contributed by atoms with Gasteiger partial charge in [-0.1, -0.05) is 19.8 Å². The fraction of sp³-hybridized carbons (Fsp3) is 0.810. The molecule has 1 saturated carbocycles. The topological polar surface area (TPSA) is 63.6 Å². The first-order chi connectivity index (χ1) is 12.1. The van der Waals surface area contributed by atoms with Crippen LogP contribution in [0.15, 0.2) is 0 Å². The summed E-state index contributed by atoms with van der Waals surface area (Å²) in [6, 6.07) is 0. The van der Waals surface area contributed by atoms with Crippen molar-refractivity contribution in [2.45, 2.75) is 90.6 Å². The molecule has 0 aromatic rings. The average Bonchev–Trinajstić information content (AvgIpc) is 2.95. The van der Waals surface area contributed by atoms with Gasteiger partial charge in [-0.25, -0.2) is 4.79 Å². The van der Waals surface area contributed by atoms with E-state index in [0.717, 1.165) is 57.8 Å². The molecule has 4 heteroatoms. The van der Waals surface area contributed by atoms with E-state index < -0.39 is 12.1 Å². The van der Waals surface area contributed by atoms with Gasteiger partial charge in [0.05, 0.1) is 6.61 Å². The van der Waals surface area contributed by atoms with Crippen molar-refractivity contribution >= 4 is 11.8 Å². The standard InChI is InChI=1S/C21H34O4/c1-3-5-6-7-8-9-12-17-15-16-19(22)18(17)13-10-11-14-20(23)21(24)25-4-2/h17-18,20,23H,3-5,8-16H2,1-2H3/t17-,18+,20?/m0/s1. The third-order valence-corrected chi connectivity index (χ3v) is 4.92. The first-order valence-electron chi connectivity index (χ1n) is 9.93. The molecule has 1 unspecified atom stereocenters. The van der Waals surface area contributed by atoms with Crippen molar-refractivity contribution in [2.75, 3.05) is 6.61 Å². The van der Waals surface area contributed by atoms with Crippen molar-refractivity contribution in [1.29, 1.82) is 0 Å². The van der Waals surface area contributed by atoms with E-state index in [9.17, 15) is 14.7 Å². The minimum Gasteiger partial charge on any atom is -0.464 e. The maximum Gasteiger partial charge on any atom is 0.334 e. The highest BCUT2D eigenvalue weighted by molar-refractivity contribution is 5.83. The normalized spacial score (nSPS) is 20.8. The molecule has 0 heterocycles. The van der Waals surface area contributed by atoms with Crippen LogP contribution in [0.25, 0.3) is 0 Å². The monoisotopic (exact) mass is 350 g/mol. The third-order valence-electron chi connectivity index (χ3n) is 4.92. The summed E-state index contributed by atoms with van der Waals surface area (Å²) in [5.74, 6) is 6.91. The van der Waals surface area contributed by atoms with Crippen LogP contribution in [0.1, 0.15) is 84.5 Å². The van der Waals surface area contributed by atoms with E-state index in [1.165, 1.54) is 0 Å². The molecular weight excluding hydrogens is 316 g/mol. The van der Waals surface area contributed by atoms with Crippen LogP contribution in [-0.2, 0) is 14.3 Å². The van der Waals surface area contributed by atoms with Crippen molar-refractivity contribution in [3.8, 4) is 11.8 Å². The summed E-state index contributed by atoms with van der Waals surface area (Å²) in [5, 5.41) is 9.70. The fourth-order valence-electron chi connectivity index (χ4n) is 3.53. The van der Waals surface area contributed by atoms with E-state index in [2.05, 4.69) is 18.8 Å². The summed E-state index contributed by atoms with van der Waals surface area (Å²) in [6.45, 7) is 4.15. The molecule has 3 atom stereocenters. The summed E-state index contributed by atoms with van der Waals surface area (Å²) in [6.07, 6.45) is 8.78. The molecule has 4 nitrogen and oxygen atoms in total. The third kappa shape index (κ3) is 8.54. The Morgan fingerprint density at radius 1 is 1.20 bits per heavy atom. The summed E-state index contributed by atoms with van der Waals surface area (Å²) in [4.78, 5) is 23.5. The second-order valence-corrected chi connectivity index (χ2v) is 6.92. The Hall–Kier alpha value is -1.34. The molecule has 1 rings (SSSR count). The van der Waals surface area contributed by atoms with Gasteiger partial charge in [-0.15, -0.1) is 11.8 Å². The molecule has 0 aliphatic heterocycles. The van der Waals surface area contributed by atoms with Gasteiger partial charge in [-0.2, -0.15) is 0 Å². The van der Waals surface area contributed by atoms with Crippen LogP contribution in [-0.4, -0.2) is 29.6 Å². The number of esters is 1. The summed E-state index contributed by atoms with van der Waals surface area (Å²) in [5.41, 5.74) is 0. The molecule has 1 N–H and O–H groups in total. The summed E-state index contributed by atoms with van der Waals surface area (Å²) in [7, 11) is 0. The number of Topliss-reactive ketones (excluding diaryl/α,β-unsaturated/α-hetero) is 1. The van der Waals surface area contributed by atoms with Crippen LogP contribution >= 0.6 is 0 Å². The van der Waals surface area contributed by atoms with Crippen LogP contribution in [0.4, 0.5) is 0 Å². The number of rotatable bonds is 11. The van der Waals surface area contributed by atoms with E-state index >= 15 is 0 Å².